The number of nitrogens with zero attached hydrogens (tertiary/aromatic N) is 1. The average molecular weight is 825 g/mol. The summed E-state index contributed by atoms with van der Waals surface area (Å²) in [6.07, 6.45) is 12.2. The Balaban J connectivity index is 1.02. The molecule has 0 radical (unpaired) electrons. The fraction of sp³-hybridized carbons (Fsp3) is 0.583. The molecular formula is C48H60N2O10. The summed E-state index contributed by atoms with van der Waals surface area (Å²) >= 11 is 0. The van der Waals surface area contributed by atoms with Gasteiger partial charge in [0.05, 0.1) is 30.4 Å². The number of epoxide rings is 1. The highest BCUT2D eigenvalue weighted by Crippen LogP contribution is 2.59. The van der Waals surface area contributed by atoms with E-state index in [2.05, 4.69) is 11.4 Å². The van der Waals surface area contributed by atoms with Gasteiger partial charge in [0.2, 0.25) is 11.8 Å². The lowest BCUT2D eigenvalue weighted by Crippen LogP contribution is -2.53. The number of esters is 2. The number of nitrogens with one attached hydrogen (secondary N) is 1. The van der Waals surface area contributed by atoms with Crippen LogP contribution in [0, 0.1) is 17.8 Å². The van der Waals surface area contributed by atoms with Crippen molar-refractivity contribution < 1.29 is 48.0 Å². The van der Waals surface area contributed by atoms with Crippen molar-refractivity contribution in [1.82, 2.24) is 10.2 Å². The number of carbonyl (C=O) groups is 4. The number of hydrogen-bond donors (Lipinski definition) is 2. The molecule has 5 fully saturated rings. The molecule has 0 bridgehead atoms. The number of amides is 2. The molecule has 0 spiro atoms. The summed E-state index contributed by atoms with van der Waals surface area (Å²) < 4.78 is 31.3. The van der Waals surface area contributed by atoms with Crippen molar-refractivity contribution >= 4 is 29.8 Å². The normalized spacial score (nSPS) is 27.8. The second-order valence-corrected chi connectivity index (χ2v) is 18.6. The molecule has 3 saturated carbocycles. The molecule has 12 heteroatoms. The number of likely N-dealkylation sites (N-methyl/N-ethyl adjacent to an activating group) is 1. The Morgan fingerprint density at radius 3 is 2.35 bits per heavy atom. The summed E-state index contributed by atoms with van der Waals surface area (Å²) in [6, 6.07) is 15.1. The lowest BCUT2D eigenvalue weighted by atomic mass is 9.88. The molecule has 322 valence electrons. The predicted octanol–water partition coefficient (Wildman–Crippen LogP) is 6.09. The van der Waals surface area contributed by atoms with E-state index in [1.807, 2.05) is 60.7 Å². The van der Waals surface area contributed by atoms with Gasteiger partial charge in [-0.2, -0.15) is 0 Å². The summed E-state index contributed by atoms with van der Waals surface area (Å²) in [5.74, 6) is -1.71. The standard InChI is InChI=1S/C48H60N2O10/c1-47(2,3)59-42(52)23-21-35(28-51)49-44(53)37(24-29-10-6-5-7-11-29)50(4)45(54)32-26-40(43-41(27-32)58-48(60-43,33-17-18-33)34-19-20-34)57-46(55)36-13-9-8-12-31(36)16-14-30-15-22-38-39(25-30)56-38/h5-14,16,27,30,33-35,37-41,43,51H,15,17-26,28H2,1-4H3,(H,49,53)/t30?,35-,37+,38?,39?,40+,41+,43-/m0/s1. The SMILES string of the molecule is CN(C(=O)C1=C[C@H]2OC(C3CC3)(C3CC3)O[C@H]2[C@H](OC(=O)c2ccccc2C=CC2CCC3OC3C2)C1)[C@H](Cc1ccccc1)C(=O)N[C@H](CO)CCC(=O)OC(C)(C)C. The molecule has 6 aliphatic rings. The number of rotatable bonds is 16. The van der Waals surface area contributed by atoms with Gasteiger partial charge in [-0.3, -0.25) is 14.4 Å². The van der Waals surface area contributed by atoms with Crippen LogP contribution in [0.15, 0.2) is 72.3 Å². The van der Waals surface area contributed by atoms with Gasteiger partial charge >= 0.3 is 11.9 Å². The summed E-state index contributed by atoms with van der Waals surface area (Å²) in [4.78, 5) is 56.9. The average Bonchev–Trinajstić information content (AvgIpc) is 4.10. The van der Waals surface area contributed by atoms with E-state index >= 15 is 0 Å². The molecule has 0 aromatic heterocycles. The second kappa shape index (κ2) is 17.6. The number of aliphatic hydroxyl groups excluding tert-OH is 1. The molecule has 12 nitrogen and oxygen atoms in total. The van der Waals surface area contributed by atoms with Crippen molar-refractivity contribution in [3.63, 3.8) is 0 Å². The predicted molar refractivity (Wildman–Crippen MR) is 222 cm³/mol. The lowest BCUT2D eigenvalue weighted by Gasteiger charge is -2.34. The van der Waals surface area contributed by atoms with E-state index in [1.165, 1.54) is 4.90 Å². The largest absolute Gasteiger partial charge is 0.460 e. The third kappa shape index (κ3) is 9.88. The molecule has 8 atom stereocenters. The minimum atomic E-state index is -0.979. The van der Waals surface area contributed by atoms with E-state index in [1.54, 1.807) is 33.9 Å². The Bertz CT molecular complexity index is 1950. The maximum absolute atomic E-state index is 14.7. The molecule has 2 heterocycles. The van der Waals surface area contributed by atoms with Crippen LogP contribution in [0.5, 0.6) is 0 Å². The molecule has 2 aromatic carbocycles. The van der Waals surface area contributed by atoms with E-state index in [0.29, 0.717) is 29.3 Å². The Kier molecular flexibility index (Phi) is 12.4. The smallest absolute Gasteiger partial charge is 0.339 e. The number of hydrogen-bond acceptors (Lipinski definition) is 10. The maximum atomic E-state index is 14.7. The lowest BCUT2D eigenvalue weighted by molar-refractivity contribution is -0.209. The number of allylic oxidation sites excluding steroid dienone is 1. The molecule has 2 saturated heterocycles. The molecule has 8 rings (SSSR count). The monoisotopic (exact) mass is 824 g/mol. The first kappa shape index (κ1) is 42.3. The number of carbonyl (C=O) groups excluding carboxylic acids is 4. The molecule has 3 unspecified atom stereocenters. The van der Waals surface area contributed by atoms with Crippen LogP contribution in [-0.2, 0) is 44.5 Å². The quantitative estimate of drug-likeness (QED) is 0.150. The van der Waals surface area contributed by atoms with Gasteiger partial charge in [0.25, 0.3) is 0 Å². The van der Waals surface area contributed by atoms with Crippen LogP contribution in [0.1, 0.15) is 106 Å². The minimum absolute atomic E-state index is 0.000759. The summed E-state index contributed by atoms with van der Waals surface area (Å²) in [6.45, 7) is 4.94. The van der Waals surface area contributed by atoms with E-state index < -0.39 is 72.1 Å². The van der Waals surface area contributed by atoms with Gasteiger partial charge in [-0.1, -0.05) is 60.7 Å². The van der Waals surface area contributed by atoms with Gasteiger partial charge in [0.1, 0.15) is 30.0 Å². The fourth-order valence-electron chi connectivity index (χ4n) is 9.24. The van der Waals surface area contributed by atoms with Gasteiger partial charge in [-0.05, 0) is 101 Å². The van der Waals surface area contributed by atoms with Gasteiger partial charge in [0.15, 0.2) is 5.79 Å². The minimum Gasteiger partial charge on any atom is -0.460 e. The van der Waals surface area contributed by atoms with Crippen molar-refractivity contribution in [2.45, 2.75) is 145 Å². The van der Waals surface area contributed by atoms with Gasteiger partial charge < -0.3 is 39.0 Å². The Morgan fingerprint density at radius 1 is 0.950 bits per heavy atom. The van der Waals surface area contributed by atoms with Crippen LogP contribution in [0.2, 0.25) is 0 Å². The summed E-state index contributed by atoms with van der Waals surface area (Å²) in [5, 5.41) is 13.1. The molecule has 2 aliphatic heterocycles. The Labute approximate surface area is 353 Å². The van der Waals surface area contributed by atoms with Gasteiger partial charge in [-0.25, -0.2) is 4.79 Å². The van der Waals surface area contributed by atoms with Crippen LogP contribution in [-0.4, -0.2) is 101 Å². The first-order chi connectivity index (χ1) is 28.8. The van der Waals surface area contributed by atoms with E-state index in [0.717, 1.165) is 56.1 Å². The summed E-state index contributed by atoms with van der Waals surface area (Å²) in [5.41, 5.74) is 1.73. The van der Waals surface area contributed by atoms with Gasteiger partial charge in [-0.15, -0.1) is 0 Å². The van der Waals surface area contributed by atoms with Crippen molar-refractivity contribution in [3.8, 4) is 0 Å². The molecule has 2 aromatic rings. The van der Waals surface area contributed by atoms with Crippen molar-refractivity contribution in [2.75, 3.05) is 13.7 Å². The van der Waals surface area contributed by atoms with Crippen LogP contribution in [0.4, 0.5) is 0 Å². The second-order valence-electron chi connectivity index (χ2n) is 18.6. The van der Waals surface area contributed by atoms with Gasteiger partial charge in [0, 0.05) is 43.7 Å². The molecule has 2 N–H and O–H groups in total. The van der Waals surface area contributed by atoms with Crippen LogP contribution in [0.3, 0.4) is 0 Å². The highest BCUT2D eigenvalue weighted by Gasteiger charge is 2.64. The Hall–Kier alpha value is -4.36. The number of ether oxygens (including phenoxy) is 5. The Morgan fingerprint density at radius 2 is 1.67 bits per heavy atom. The van der Waals surface area contributed by atoms with Crippen molar-refractivity contribution in [1.29, 1.82) is 0 Å². The zero-order valence-electron chi connectivity index (χ0n) is 35.3. The van der Waals surface area contributed by atoms with E-state index in [9.17, 15) is 24.3 Å². The van der Waals surface area contributed by atoms with Crippen molar-refractivity contribution in [2.24, 2.45) is 17.8 Å². The number of benzene rings is 2. The molecule has 4 aliphatic carbocycles. The topological polar surface area (TPSA) is 153 Å². The molecular weight excluding hydrogens is 765 g/mol. The van der Waals surface area contributed by atoms with Crippen LogP contribution >= 0.6 is 0 Å². The van der Waals surface area contributed by atoms with Crippen molar-refractivity contribution in [3.05, 3.63) is 89.0 Å². The number of fused-ring (bicyclic) bond motifs is 2. The van der Waals surface area contributed by atoms with Crippen LogP contribution < -0.4 is 5.32 Å². The van der Waals surface area contributed by atoms with E-state index in [4.69, 9.17) is 23.7 Å². The van der Waals surface area contributed by atoms with E-state index in [-0.39, 0.29) is 37.5 Å². The zero-order chi connectivity index (χ0) is 42.2. The maximum Gasteiger partial charge on any atom is 0.339 e. The first-order valence-corrected chi connectivity index (χ1v) is 21.9. The summed E-state index contributed by atoms with van der Waals surface area (Å²) in [7, 11) is 1.59. The van der Waals surface area contributed by atoms with Crippen LogP contribution in [0.25, 0.3) is 6.08 Å². The first-order valence-electron chi connectivity index (χ1n) is 21.9. The highest BCUT2D eigenvalue weighted by atomic mass is 16.8. The fourth-order valence-corrected chi connectivity index (χ4v) is 9.24. The third-order valence-corrected chi connectivity index (χ3v) is 12.8. The zero-order valence-corrected chi connectivity index (χ0v) is 35.3. The third-order valence-electron chi connectivity index (χ3n) is 12.8. The highest BCUT2D eigenvalue weighted by molar-refractivity contribution is 5.98. The number of aliphatic hydroxyl groups is 1. The molecule has 60 heavy (non-hydrogen) atoms. The molecule has 2 amide bonds.